The molecular weight excluding hydrogens is 334 g/mol. The standard InChI is InChI=1S/C16H18ClN3O2S/c1-11-19-13(8-15(21)20-11)6-7-18-16(22)10-23-9-12-4-2-3-5-14(12)17/h2-5,8H,6-7,9-10H2,1H3,(H,18,22)(H,19,20,21). The average molecular weight is 352 g/mol. The van der Waals surface area contributed by atoms with Gasteiger partial charge >= 0.3 is 0 Å². The lowest BCUT2D eigenvalue weighted by molar-refractivity contribution is -0.118. The number of aromatic nitrogens is 2. The molecule has 0 unspecified atom stereocenters. The number of hydrogen-bond acceptors (Lipinski definition) is 4. The minimum atomic E-state index is -0.172. The molecule has 0 bridgehead atoms. The van der Waals surface area contributed by atoms with Crippen molar-refractivity contribution in [3.05, 3.63) is 62.8 Å². The molecule has 5 nitrogen and oxygen atoms in total. The van der Waals surface area contributed by atoms with Gasteiger partial charge < -0.3 is 10.3 Å². The Kier molecular flexibility index (Phi) is 6.67. The number of H-pyrrole nitrogens is 1. The van der Waals surface area contributed by atoms with E-state index in [0.717, 1.165) is 10.6 Å². The first-order valence-electron chi connectivity index (χ1n) is 7.19. The zero-order chi connectivity index (χ0) is 16.7. The molecule has 0 aliphatic rings. The molecule has 2 N–H and O–H groups in total. The molecule has 2 rings (SSSR count). The van der Waals surface area contributed by atoms with Gasteiger partial charge in [-0.15, -0.1) is 11.8 Å². The van der Waals surface area contributed by atoms with Gasteiger partial charge in [-0.2, -0.15) is 0 Å². The van der Waals surface area contributed by atoms with Gasteiger partial charge in [-0.3, -0.25) is 9.59 Å². The molecule has 0 radical (unpaired) electrons. The number of hydrogen-bond donors (Lipinski definition) is 2. The number of nitrogens with one attached hydrogen (secondary N) is 2. The first-order chi connectivity index (χ1) is 11.0. The molecule has 0 saturated heterocycles. The van der Waals surface area contributed by atoms with Gasteiger partial charge in [0, 0.05) is 35.5 Å². The Morgan fingerprint density at radius 1 is 1.39 bits per heavy atom. The smallest absolute Gasteiger partial charge is 0.251 e. The predicted octanol–water partition coefficient (Wildman–Crippen LogP) is 2.32. The number of nitrogens with zero attached hydrogens (tertiary/aromatic N) is 1. The number of aromatic amines is 1. The zero-order valence-corrected chi connectivity index (χ0v) is 14.3. The van der Waals surface area contributed by atoms with Crippen LogP contribution in [0.4, 0.5) is 0 Å². The van der Waals surface area contributed by atoms with Crippen LogP contribution in [-0.4, -0.2) is 28.2 Å². The summed E-state index contributed by atoms with van der Waals surface area (Å²) in [4.78, 5) is 29.9. The van der Waals surface area contributed by atoms with Gasteiger partial charge in [0.15, 0.2) is 0 Å². The molecule has 1 aromatic carbocycles. The Morgan fingerprint density at radius 3 is 2.91 bits per heavy atom. The highest BCUT2D eigenvalue weighted by atomic mass is 35.5. The molecule has 122 valence electrons. The fourth-order valence-electron chi connectivity index (χ4n) is 2.02. The summed E-state index contributed by atoms with van der Waals surface area (Å²) in [5.74, 6) is 1.60. The van der Waals surface area contributed by atoms with Crippen LogP contribution in [0.15, 0.2) is 35.1 Å². The molecular formula is C16H18ClN3O2S. The first-order valence-corrected chi connectivity index (χ1v) is 8.72. The van der Waals surface area contributed by atoms with Crippen molar-refractivity contribution in [3.63, 3.8) is 0 Å². The topological polar surface area (TPSA) is 74.8 Å². The normalized spacial score (nSPS) is 10.5. The Labute approximate surface area is 143 Å². The Bertz CT molecular complexity index is 733. The number of rotatable bonds is 7. The maximum atomic E-state index is 11.8. The van der Waals surface area contributed by atoms with E-state index < -0.39 is 0 Å². The second kappa shape index (κ2) is 8.74. The fourth-order valence-corrected chi connectivity index (χ4v) is 3.16. The maximum absolute atomic E-state index is 11.8. The Morgan fingerprint density at radius 2 is 2.17 bits per heavy atom. The number of halogens is 1. The van der Waals surface area contributed by atoms with Gasteiger partial charge in [0.2, 0.25) is 5.91 Å². The van der Waals surface area contributed by atoms with Gasteiger partial charge in [-0.25, -0.2) is 4.98 Å². The number of benzene rings is 1. The van der Waals surface area contributed by atoms with E-state index in [1.807, 2.05) is 24.3 Å². The maximum Gasteiger partial charge on any atom is 0.251 e. The molecule has 0 fully saturated rings. The lowest BCUT2D eigenvalue weighted by Gasteiger charge is -2.06. The van der Waals surface area contributed by atoms with Crippen LogP contribution in [0, 0.1) is 6.92 Å². The lowest BCUT2D eigenvalue weighted by Crippen LogP contribution is -2.28. The summed E-state index contributed by atoms with van der Waals surface area (Å²) in [5.41, 5.74) is 1.53. The minimum Gasteiger partial charge on any atom is -0.355 e. The van der Waals surface area contributed by atoms with Crippen molar-refractivity contribution in [1.29, 1.82) is 0 Å². The average Bonchev–Trinajstić information content (AvgIpc) is 2.48. The van der Waals surface area contributed by atoms with Crippen molar-refractivity contribution < 1.29 is 4.79 Å². The number of carbonyl (C=O) groups excluding carboxylic acids is 1. The van der Waals surface area contributed by atoms with E-state index in [1.165, 1.54) is 17.8 Å². The first kappa shape index (κ1) is 17.6. The summed E-state index contributed by atoms with van der Waals surface area (Å²) in [5, 5.41) is 3.54. The van der Waals surface area contributed by atoms with E-state index in [0.29, 0.717) is 36.0 Å². The summed E-state index contributed by atoms with van der Waals surface area (Å²) in [6, 6.07) is 9.06. The third kappa shape index (κ3) is 6.08. The van der Waals surface area contributed by atoms with Crippen molar-refractivity contribution >= 4 is 29.3 Å². The molecule has 0 saturated carbocycles. The monoisotopic (exact) mass is 351 g/mol. The Balaban J connectivity index is 1.69. The number of thioether (sulfide) groups is 1. The van der Waals surface area contributed by atoms with Crippen LogP contribution in [0.3, 0.4) is 0 Å². The molecule has 23 heavy (non-hydrogen) atoms. The number of aryl methyl sites for hydroxylation is 1. The van der Waals surface area contributed by atoms with Crippen molar-refractivity contribution in [2.75, 3.05) is 12.3 Å². The van der Waals surface area contributed by atoms with Crippen LogP contribution in [0.5, 0.6) is 0 Å². The molecule has 1 aromatic heterocycles. The zero-order valence-electron chi connectivity index (χ0n) is 12.8. The molecule has 0 aliphatic carbocycles. The van der Waals surface area contributed by atoms with Gasteiger partial charge in [-0.1, -0.05) is 29.8 Å². The van der Waals surface area contributed by atoms with Crippen LogP contribution >= 0.6 is 23.4 Å². The third-order valence-corrected chi connectivity index (χ3v) is 4.42. The fraction of sp³-hybridized carbons (Fsp3) is 0.312. The van der Waals surface area contributed by atoms with Crippen LogP contribution in [0.2, 0.25) is 5.02 Å². The van der Waals surface area contributed by atoms with Crippen molar-refractivity contribution in [2.45, 2.75) is 19.1 Å². The summed E-state index contributed by atoms with van der Waals surface area (Å²) < 4.78 is 0. The highest BCUT2D eigenvalue weighted by Gasteiger charge is 2.05. The summed E-state index contributed by atoms with van der Waals surface area (Å²) >= 11 is 7.58. The SMILES string of the molecule is Cc1nc(CCNC(=O)CSCc2ccccc2Cl)cc(=O)[nH]1. The van der Waals surface area contributed by atoms with E-state index >= 15 is 0 Å². The van der Waals surface area contributed by atoms with Crippen molar-refractivity contribution in [3.8, 4) is 0 Å². The van der Waals surface area contributed by atoms with Gasteiger partial charge in [0.25, 0.3) is 5.56 Å². The minimum absolute atomic E-state index is 0.0383. The van der Waals surface area contributed by atoms with Crippen LogP contribution in [0.1, 0.15) is 17.1 Å². The second-order valence-electron chi connectivity index (χ2n) is 5.01. The molecule has 0 atom stereocenters. The lowest BCUT2D eigenvalue weighted by atomic mass is 10.2. The quantitative estimate of drug-likeness (QED) is 0.802. The van der Waals surface area contributed by atoms with E-state index in [2.05, 4.69) is 15.3 Å². The highest BCUT2D eigenvalue weighted by Crippen LogP contribution is 2.20. The second-order valence-corrected chi connectivity index (χ2v) is 6.40. The van der Waals surface area contributed by atoms with E-state index in [1.54, 1.807) is 6.92 Å². The van der Waals surface area contributed by atoms with E-state index in [4.69, 9.17) is 11.6 Å². The number of carbonyl (C=O) groups is 1. The summed E-state index contributed by atoms with van der Waals surface area (Å²) in [7, 11) is 0. The third-order valence-electron chi connectivity index (χ3n) is 3.06. The molecule has 0 spiro atoms. The van der Waals surface area contributed by atoms with Crippen molar-refractivity contribution in [1.82, 2.24) is 15.3 Å². The van der Waals surface area contributed by atoms with Gasteiger partial charge in [0.1, 0.15) is 5.82 Å². The molecule has 7 heteroatoms. The van der Waals surface area contributed by atoms with Crippen molar-refractivity contribution in [2.24, 2.45) is 0 Å². The van der Waals surface area contributed by atoms with E-state index in [-0.39, 0.29) is 11.5 Å². The molecule has 1 heterocycles. The largest absolute Gasteiger partial charge is 0.355 e. The molecule has 0 aliphatic heterocycles. The number of amides is 1. The van der Waals surface area contributed by atoms with E-state index in [9.17, 15) is 9.59 Å². The highest BCUT2D eigenvalue weighted by molar-refractivity contribution is 7.99. The van der Waals surface area contributed by atoms with Crippen LogP contribution in [0.25, 0.3) is 0 Å². The van der Waals surface area contributed by atoms with Crippen LogP contribution < -0.4 is 10.9 Å². The molecule has 1 amide bonds. The van der Waals surface area contributed by atoms with Gasteiger partial charge in [0.05, 0.1) is 5.75 Å². The van der Waals surface area contributed by atoms with Gasteiger partial charge in [-0.05, 0) is 18.6 Å². The summed E-state index contributed by atoms with van der Waals surface area (Å²) in [6.07, 6.45) is 0.533. The Hall–Kier alpha value is -1.79. The molecule has 2 aromatic rings. The summed E-state index contributed by atoms with van der Waals surface area (Å²) in [6.45, 7) is 2.19. The van der Waals surface area contributed by atoms with Crippen LogP contribution in [-0.2, 0) is 17.0 Å². The predicted molar refractivity (Wildman–Crippen MR) is 93.9 cm³/mol.